The number of rotatable bonds is 5. The Morgan fingerprint density at radius 3 is 2.29 bits per heavy atom. The summed E-state index contributed by atoms with van der Waals surface area (Å²) < 4.78 is 0. The summed E-state index contributed by atoms with van der Waals surface area (Å²) in [5.41, 5.74) is 0. The van der Waals surface area contributed by atoms with Gasteiger partial charge in [0.05, 0.1) is 11.8 Å². The Labute approximate surface area is 102 Å². The van der Waals surface area contributed by atoms with Gasteiger partial charge in [-0.05, 0) is 25.2 Å². The minimum Gasteiger partial charge on any atom is -0.481 e. The first-order chi connectivity index (χ1) is 8.18. The van der Waals surface area contributed by atoms with E-state index in [0.29, 0.717) is 13.0 Å². The van der Waals surface area contributed by atoms with Crippen LogP contribution in [0, 0.1) is 17.8 Å². The maximum atomic E-state index is 11.9. The van der Waals surface area contributed by atoms with Gasteiger partial charge in [-0.1, -0.05) is 25.7 Å². The van der Waals surface area contributed by atoms with Crippen molar-refractivity contribution in [2.45, 2.75) is 44.9 Å². The van der Waals surface area contributed by atoms with Crippen molar-refractivity contribution >= 4 is 11.9 Å². The van der Waals surface area contributed by atoms with Crippen LogP contribution in [0.5, 0.6) is 0 Å². The summed E-state index contributed by atoms with van der Waals surface area (Å²) in [5.74, 6) is -0.836. The average molecular weight is 239 g/mol. The summed E-state index contributed by atoms with van der Waals surface area (Å²) in [6.45, 7) is 0.715. The number of amides is 1. The molecule has 2 rings (SSSR count). The van der Waals surface area contributed by atoms with Crippen LogP contribution in [0.25, 0.3) is 0 Å². The second-order valence-corrected chi connectivity index (χ2v) is 5.36. The number of nitrogens with one attached hydrogen (secondary N) is 1. The molecule has 4 heteroatoms. The zero-order chi connectivity index (χ0) is 12.3. The van der Waals surface area contributed by atoms with Gasteiger partial charge >= 0.3 is 5.97 Å². The van der Waals surface area contributed by atoms with E-state index < -0.39 is 11.9 Å². The predicted octanol–water partition coefficient (Wildman–Crippen LogP) is 1.79. The van der Waals surface area contributed by atoms with E-state index in [1.165, 1.54) is 19.3 Å². The molecule has 2 aliphatic rings. The molecule has 2 atom stereocenters. The summed E-state index contributed by atoms with van der Waals surface area (Å²) in [6.07, 6.45) is 7.19. The molecule has 0 aromatic rings. The highest BCUT2D eigenvalue weighted by Crippen LogP contribution is 2.32. The molecule has 0 heterocycles. The predicted molar refractivity (Wildman–Crippen MR) is 63.4 cm³/mol. The summed E-state index contributed by atoms with van der Waals surface area (Å²) in [6, 6.07) is 0. The van der Waals surface area contributed by atoms with Crippen LogP contribution >= 0.6 is 0 Å². The minimum absolute atomic E-state index is 0.0470. The third kappa shape index (κ3) is 2.99. The number of carbonyl (C=O) groups is 2. The third-order valence-electron chi connectivity index (χ3n) is 4.25. The molecular weight excluding hydrogens is 218 g/mol. The van der Waals surface area contributed by atoms with Crippen LogP contribution in [0.15, 0.2) is 0 Å². The van der Waals surface area contributed by atoms with Crippen molar-refractivity contribution in [1.82, 2.24) is 5.32 Å². The minimum atomic E-state index is -0.818. The van der Waals surface area contributed by atoms with Gasteiger partial charge in [-0.2, -0.15) is 0 Å². The number of carboxylic acid groups (broad SMARTS) is 1. The molecule has 2 unspecified atom stereocenters. The largest absolute Gasteiger partial charge is 0.481 e. The molecule has 0 aliphatic heterocycles. The molecule has 2 saturated carbocycles. The Morgan fingerprint density at radius 2 is 1.71 bits per heavy atom. The molecule has 17 heavy (non-hydrogen) atoms. The van der Waals surface area contributed by atoms with Gasteiger partial charge in [0.15, 0.2) is 0 Å². The summed E-state index contributed by atoms with van der Waals surface area (Å²) >= 11 is 0. The van der Waals surface area contributed by atoms with Crippen molar-refractivity contribution in [2.75, 3.05) is 6.54 Å². The Balaban J connectivity index is 1.72. The fourth-order valence-corrected chi connectivity index (χ4v) is 2.88. The third-order valence-corrected chi connectivity index (χ3v) is 4.25. The molecule has 96 valence electrons. The number of carboxylic acids is 1. The molecule has 0 aromatic carbocycles. The SMILES string of the molecule is O=C(O)C1CCCC1C(=O)NCCC1CCC1. The van der Waals surface area contributed by atoms with Gasteiger partial charge in [-0.3, -0.25) is 9.59 Å². The standard InChI is InChI=1S/C13H21NO3/c15-12(14-8-7-9-3-1-4-9)10-5-2-6-11(10)13(16)17/h9-11H,1-8H2,(H,14,15)(H,16,17). The number of aliphatic carboxylic acids is 1. The summed E-state index contributed by atoms with van der Waals surface area (Å²) in [4.78, 5) is 22.8. The van der Waals surface area contributed by atoms with E-state index in [4.69, 9.17) is 5.11 Å². The Hall–Kier alpha value is -1.06. The molecule has 1 amide bonds. The van der Waals surface area contributed by atoms with E-state index in [2.05, 4.69) is 5.32 Å². The lowest BCUT2D eigenvalue weighted by molar-refractivity contribution is -0.146. The van der Waals surface area contributed by atoms with Crippen LogP contribution in [0.3, 0.4) is 0 Å². The van der Waals surface area contributed by atoms with Gasteiger partial charge in [0.1, 0.15) is 0 Å². The molecular formula is C13H21NO3. The monoisotopic (exact) mass is 239 g/mol. The highest BCUT2D eigenvalue weighted by molar-refractivity contribution is 5.85. The maximum absolute atomic E-state index is 11.9. The lowest BCUT2D eigenvalue weighted by Gasteiger charge is -2.25. The molecule has 0 spiro atoms. The second-order valence-electron chi connectivity index (χ2n) is 5.36. The number of hydrogen-bond acceptors (Lipinski definition) is 2. The first-order valence-electron chi connectivity index (χ1n) is 6.69. The number of hydrogen-bond donors (Lipinski definition) is 2. The van der Waals surface area contributed by atoms with Gasteiger partial charge in [0.25, 0.3) is 0 Å². The summed E-state index contributed by atoms with van der Waals surface area (Å²) in [5, 5.41) is 11.9. The van der Waals surface area contributed by atoms with Crippen LogP contribution in [0.4, 0.5) is 0 Å². The Morgan fingerprint density at radius 1 is 1.06 bits per heavy atom. The van der Waals surface area contributed by atoms with E-state index in [1.54, 1.807) is 0 Å². The van der Waals surface area contributed by atoms with E-state index in [9.17, 15) is 9.59 Å². The maximum Gasteiger partial charge on any atom is 0.307 e. The van der Waals surface area contributed by atoms with Gasteiger partial charge < -0.3 is 10.4 Å². The zero-order valence-corrected chi connectivity index (χ0v) is 10.2. The van der Waals surface area contributed by atoms with Gasteiger partial charge in [0, 0.05) is 6.54 Å². The van der Waals surface area contributed by atoms with Crippen LogP contribution in [-0.4, -0.2) is 23.5 Å². The Bertz CT molecular complexity index is 299. The smallest absolute Gasteiger partial charge is 0.307 e. The van der Waals surface area contributed by atoms with Crippen LogP contribution in [0.2, 0.25) is 0 Å². The molecule has 0 aromatic heterocycles. The highest BCUT2D eigenvalue weighted by atomic mass is 16.4. The van der Waals surface area contributed by atoms with Gasteiger partial charge in [0.2, 0.25) is 5.91 Å². The molecule has 2 fully saturated rings. The molecule has 0 bridgehead atoms. The second kappa shape index (κ2) is 5.52. The van der Waals surface area contributed by atoms with Crippen molar-refractivity contribution < 1.29 is 14.7 Å². The zero-order valence-electron chi connectivity index (χ0n) is 10.2. The van der Waals surface area contributed by atoms with Crippen molar-refractivity contribution in [3.05, 3.63) is 0 Å². The molecule has 2 N–H and O–H groups in total. The fourth-order valence-electron chi connectivity index (χ4n) is 2.88. The lowest BCUT2D eigenvalue weighted by atomic mass is 9.83. The normalized spacial score (nSPS) is 28.7. The first kappa shape index (κ1) is 12.4. The molecule has 4 nitrogen and oxygen atoms in total. The molecule has 0 radical (unpaired) electrons. The average Bonchev–Trinajstić information content (AvgIpc) is 2.70. The van der Waals surface area contributed by atoms with Gasteiger partial charge in [-0.15, -0.1) is 0 Å². The van der Waals surface area contributed by atoms with Gasteiger partial charge in [-0.25, -0.2) is 0 Å². The van der Waals surface area contributed by atoms with E-state index in [1.807, 2.05) is 0 Å². The lowest BCUT2D eigenvalue weighted by Crippen LogP contribution is -2.36. The van der Waals surface area contributed by atoms with E-state index in [0.717, 1.165) is 25.2 Å². The van der Waals surface area contributed by atoms with Crippen molar-refractivity contribution in [3.8, 4) is 0 Å². The van der Waals surface area contributed by atoms with Crippen molar-refractivity contribution in [3.63, 3.8) is 0 Å². The topological polar surface area (TPSA) is 66.4 Å². The van der Waals surface area contributed by atoms with Crippen LogP contribution in [-0.2, 0) is 9.59 Å². The molecule has 2 aliphatic carbocycles. The quantitative estimate of drug-likeness (QED) is 0.768. The highest BCUT2D eigenvalue weighted by Gasteiger charge is 2.37. The molecule has 0 saturated heterocycles. The van der Waals surface area contributed by atoms with Crippen LogP contribution in [0.1, 0.15) is 44.9 Å². The van der Waals surface area contributed by atoms with E-state index >= 15 is 0 Å². The Kier molecular flexibility index (Phi) is 4.02. The number of carbonyl (C=O) groups excluding carboxylic acids is 1. The van der Waals surface area contributed by atoms with E-state index in [-0.39, 0.29) is 11.8 Å². The van der Waals surface area contributed by atoms with Crippen molar-refractivity contribution in [2.24, 2.45) is 17.8 Å². The van der Waals surface area contributed by atoms with Crippen molar-refractivity contribution in [1.29, 1.82) is 0 Å². The first-order valence-corrected chi connectivity index (χ1v) is 6.69. The summed E-state index contributed by atoms with van der Waals surface area (Å²) in [7, 11) is 0. The van der Waals surface area contributed by atoms with Crippen LogP contribution < -0.4 is 5.32 Å². The fraction of sp³-hybridized carbons (Fsp3) is 0.846.